The van der Waals surface area contributed by atoms with E-state index >= 15 is 0 Å². The van der Waals surface area contributed by atoms with E-state index in [1.165, 1.54) is 12.8 Å². The van der Waals surface area contributed by atoms with Crippen molar-refractivity contribution in [1.29, 1.82) is 0 Å². The van der Waals surface area contributed by atoms with Crippen molar-refractivity contribution in [3.63, 3.8) is 0 Å². The van der Waals surface area contributed by atoms with E-state index in [9.17, 15) is 0 Å². The molecule has 0 atom stereocenters. The van der Waals surface area contributed by atoms with Gasteiger partial charge >= 0.3 is 0 Å². The zero-order valence-corrected chi connectivity index (χ0v) is 12.0. The van der Waals surface area contributed by atoms with Crippen LogP contribution in [0.5, 0.6) is 5.75 Å². The van der Waals surface area contributed by atoms with Gasteiger partial charge in [-0.05, 0) is 25.0 Å². The van der Waals surface area contributed by atoms with E-state index in [0.717, 1.165) is 17.2 Å². The van der Waals surface area contributed by atoms with Crippen molar-refractivity contribution in [3.8, 4) is 5.75 Å². The highest BCUT2D eigenvalue weighted by atomic mass is 35.5. The lowest BCUT2D eigenvalue weighted by Crippen LogP contribution is -2.15. The van der Waals surface area contributed by atoms with Gasteiger partial charge in [0.05, 0.1) is 10.7 Å². The lowest BCUT2D eigenvalue weighted by atomic mass is 10.3. The van der Waals surface area contributed by atoms with Crippen LogP contribution >= 0.6 is 22.9 Å². The maximum Gasteiger partial charge on any atom is 0.138 e. The molecule has 0 saturated heterocycles. The Morgan fingerprint density at radius 2 is 2.21 bits per heavy atom. The van der Waals surface area contributed by atoms with E-state index in [1.807, 2.05) is 29.6 Å². The quantitative estimate of drug-likeness (QED) is 0.883. The van der Waals surface area contributed by atoms with Crippen molar-refractivity contribution in [2.45, 2.75) is 32.0 Å². The summed E-state index contributed by atoms with van der Waals surface area (Å²) in [6.45, 7) is 1.32. The smallest absolute Gasteiger partial charge is 0.138 e. The standard InChI is InChI=1S/C14H15ClN2OS/c15-12-3-1-2-4-13(12)18-8-11-9-19-14(17-11)7-16-10-5-6-10/h1-4,9-10,16H,5-8H2. The van der Waals surface area contributed by atoms with Crippen molar-refractivity contribution in [2.24, 2.45) is 0 Å². The average molecular weight is 295 g/mol. The summed E-state index contributed by atoms with van der Waals surface area (Å²) in [6.07, 6.45) is 2.60. The van der Waals surface area contributed by atoms with Crippen LogP contribution in [0, 0.1) is 0 Å². The van der Waals surface area contributed by atoms with Gasteiger partial charge in [-0.25, -0.2) is 4.98 Å². The normalized spacial score (nSPS) is 14.6. The number of hydrogen-bond acceptors (Lipinski definition) is 4. The third-order valence-corrected chi connectivity index (χ3v) is 4.14. The number of para-hydroxylation sites is 1. The van der Waals surface area contributed by atoms with Gasteiger partial charge in [0.25, 0.3) is 0 Å². The molecule has 3 rings (SSSR count). The first-order valence-electron chi connectivity index (χ1n) is 6.35. The predicted octanol–water partition coefficient (Wildman–Crippen LogP) is 3.63. The molecule has 0 aliphatic heterocycles. The molecule has 1 fully saturated rings. The van der Waals surface area contributed by atoms with Crippen LogP contribution in [0.25, 0.3) is 0 Å². The summed E-state index contributed by atoms with van der Waals surface area (Å²) in [6, 6.07) is 8.20. The van der Waals surface area contributed by atoms with E-state index in [-0.39, 0.29) is 0 Å². The SMILES string of the molecule is Clc1ccccc1OCc1csc(CNC2CC2)n1. The van der Waals surface area contributed by atoms with Gasteiger partial charge < -0.3 is 10.1 Å². The number of nitrogens with one attached hydrogen (secondary N) is 1. The molecule has 0 unspecified atom stereocenters. The molecule has 0 bridgehead atoms. The molecule has 1 saturated carbocycles. The minimum atomic E-state index is 0.462. The summed E-state index contributed by atoms with van der Waals surface area (Å²) < 4.78 is 5.67. The largest absolute Gasteiger partial charge is 0.486 e. The van der Waals surface area contributed by atoms with Crippen LogP contribution in [0.1, 0.15) is 23.5 Å². The van der Waals surface area contributed by atoms with Crippen LogP contribution in [-0.2, 0) is 13.2 Å². The van der Waals surface area contributed by atoms with E-state index in [0.29, 0.717) is 23.4 Å². The third kappa shape index (κ3) is 3.69. The number of ether oxygens (including phenoxy) is 1. The van der Waals surface area contributed by atoms with Crippen molar-refractivity contribution in [1.82, 2.24) is 10.3 Å². The molecule has 1 aliphatic rings. The Balaban J connectivity index is 1.53. The number of hydrogen-bond donors (Lipinski definition) is 1. The van der Waals surface area contributed by atoms with Crippen LogP contribution in [0.15, 0.2) is 29.6 Å². The maximum atomic E-state index is 6.03. The molecule has 1 N–H and O–H groups in total. The number of thiazole rings is 1. The monoisotopic (exact) mass is 294 g/mol. The van der Waals surface area contributed by atoms with Crippen molar-refractivity contribution < 1.29 is 4.74 Å². The molecule has 0 amide bonds. The number of aromatic nitrogens is 1. The molecule has 1 aromatic carbocycles. The molecule has 2 aromatic rings. The first-order valence-corrected chi connectivity index (χ1v) is 7.61. The Labute approximate surface area is 121 Å². The topological polar surface area (TPSA) is 34.1 Å². The molecular weight excluding hydrogens is 280 g/mol. The van der Waals surface area contributed by atoms with Crippen LogP contribution in [0.2, 0.25) is 5.02 Å². The molecule has 1 aliphatic carbocycles. The van der Waals surface area contributed by atoms with Crippen LogP contribution in [0.4, 0.5) is 0 Å². The fourth-order valence-corrected chi connectivity index (χ4v) is 2.65. The molecule has 0 radical (unpaired) electrons. The molecule has 1 aromatic heterocycles. The fourth-order valence-electron chi connectivity index (χ4n) is 1.73. The molecular formula is C14H15ClN2OS. The average Bonchev–Trinajstić information content (AvgIpc) is 3.14. The van der Waals surface area contributed by atoms with Crippen LogP contribution in [0.3, 0.4) is 0 Å². The van der Waals surface area contributed by atoms with E-state index in [2.05, 4.69) is 10.3 Å². The highest BCUT2D eigenvalue weighted by Crippen LogP contribution is 2.24. The first-order chi connectivity index (χ1) is 9.31. The summed E-state index contributed by atoms with van der Waals surface area (Å²) in [4.78, 5) is 4.54. The second-order valence-electron chi connectivity index (χ2n) is 4.61. The highest BCUT2D eigenvalue weighted by molar-refractivity contribution is 7.09. The minimum Gasteiger partial charge on any atom is -0.486 e. The van der Waals surface area contributed by atoms with Gasteiger partial charge in [0, 0.05) is 18.0 Å². The Bertz CT molecular complexity index is 554. The van der Waals surface area contributed by atoms with E-state index < -0.39 is 0 Å². The zero-order chi connectivity index (χ0) is 13.1. The van der Waals surface area contributed by atoms with Gasteiger partial charge in [-0.1, -0.05) is 23.7 Å². The van der Waals surface area contributed by atoms with Crippen molar-refractivity contribution in [2.75, 3.05) is 0 Å². The van der Waals surface area contributed by atoms with Gasteiger partial charge in [-0.15, -0.1) is 11.3 Å². The second kappa shape index (κ2) is 5.90. The van der Waals surface area contributed by atoms with Crippen molar-refractivity contribution >= 4 is 22.9 Å². The lowest BCUT2D eigenvalue weighted by Gasteiger charge is -2.05. The zero-order valence-electron chi connectivity index (χ0n) is 10.4. The summed E-state index contributed by atoms with van der Waals surface area (Å²) in [5.74, 6) is 0.704. The molecule has 100 valence electrons. The van der Waals surface area contributed by atoms with Gasteiger partial charge in [-0.2, -0.15) is 0 Å². The summed E-state index contributed by atoms with van der Waals surface area (Å²) in [5, 5.41) is 7.25. The Morgan fingerprint density at radius 1 is 1.37 bits per heavy atom. The Kier molecular flexibility index (Phi) is 4.01. The van der Waals surface area contributed by atoms with Gasteiger partial charge in [0.1, 0.15) is 17.4 Å². The summed E-state index contributed by atoms with van der Waals surface area (Å²) >= 11 is 7.71. The molecule has 5 heteroatoms. The van der Waals surface area contributed by atoms with E-state index in [4.69, 9.17) is 16.3 Å². The lowest BCUT2D eigenvalue weighted by molar-refractivity contribution is 0.302. The summed E-state index contributed by atoms with van der Waals surface area (Å²) in [5.41, 5.74) is 0.956. The highest BCUT2D eigenvalue weighted by Gasteiger charge is 2.20. The number of rotatable bonds is 6. The van der Waals surface area contributed by atoms with E-state index in [1.54, 1.807) is 11.3 Å². The first kappa shape index (κ1) is 12.9. The molecule has 0 spiro atoms. The molecule has 19 heavy (non-hydrogen) atoms. The number of benzene rings is 1. The Morgan fingerprint density at radius 3 is 3.00 bits per heavy atom. The van der Waals surface area contributed by atoms with Gasteiger partial charge in [0.15, 0.2) is 0 Å². The number of halogens is 1. The molecule has 1 heterocycles. The minimum absolute atomic E-state index is 0.462. The van der Waals surface area contributed by atoms with Gasteiger partial charge in [-0.3, -0.25) is 0 Å². The summed E-state index contributed by atoms with van der Waals surface area (Å²) in [7, 11) is 0. The van der Waals surface area contributed by atoms with Crippen molar-refractivity contribution in [3.05, 3.63) is 45.4 Å². The predicted molar refractivity (Wildman–Crippen MR) is 77.8 cm³/mol. The van der Waals surface area contributed by atoms with Crippen LogP contribution in [-0.4, -0.2) is 11.0 Å². The maximum absolute atomic E-state index is 6.03. The van der Waals surface area contributed by atoms with Crippen LogP contribution < -0.4 is 10.1 Å². The third-order valence-electron chi connectivity index (χ3n) is 2.93. The fraction of sp³-hybridized carbons (Fsp3) is 0.357. The number of nitrogens with zero attached hydrogens (tertiary/aromatic N) is 1. The Hall–Kier alpha value is -1.10. The van der Waals surface area contributed by atoms with Gasteiger partial charge in [0.2, 0.25) is 0 Å². The molecule has 3 nitrogen and oxygen atoms in total. The second-order valence-corrected chi connectivity index (χ2v) is 5.96.